The van der Waals surface area contributed by atoms with Gasteiger partial charge >= 0.3 is 11.8 Å². The van der Waals surface area contributed by atoms with Crippen LogP contribution >= 0.6 is 23.2 Å². The standard InChI is InChI=1S/C27H22Cl2N4O3/c1-17-14-19(18(2)33(17)25-13-8-20(28)15-24(25)29)16-30-32-27(35)26(34)31-21-9-11-23(12-10-21)36-22-6-4-3-5-7-22/h3-16H,1-2H3,(H,31,34)(H,32,35)/b30-16-. The highest BCUT2D eigenvalue weighted by Crippen LogP contribution is 2.28. The zero-order valence-electron chi connectivity index (χ0n) is 19.5. The number of nitrogens with zero attached hydrogens (tertiary/aromatic N) is 2. The number of carbonyl (C=O) groups excluding carboxylic acids is 2. The molecule has 0 radical (unpaired) electrons. The largest absolute Gasteiger partial charge is 0.457 e. The van der Waals surface area contributed by atoms with E-state index in [0.29, 0.717) is 27.2 Å². The maximum absolute atomic E-state index is 12.2. The van der Waals surface area contributed by atoms with Gasteiger partial charge in [-0.25, -0.2) is 5.43 Å². The van der Waals surface area contributed by atoms with Crippen molar-refractivity contribution in [1.29, 1.82) is 0 Å². The van der Waals surface area contributed by atoms with Crippen LogP contribution in [0.5, 0.6) is 11.5 Å². The maximum atomic E-state index is 12.2. The van der Waals surface area contributed by atoms with E-state index in [0.717, 1.165) is 22.6 Å². The van der Waals surface area contributed by atoms with Crippen molar-refractivity contribution >= 4 is 46.9 Å². The second-order valence-corrected chi connectivity index (χ2v) is 8.69. The molecule has 0 aliphatic carbocycles. The average Bonchev–Trinajstić information content (AvgIpc) is 3.13. The van der Waals surface area contributed by atoms with Crippen LogP contribution in [0.4, 0.5) is 5.69 Å². The zero-order valence-corrected chi connectivity index (χ0v) is 21.0. The number of rotatable bonds is 6. The second-order valence-electron chi connectivity index (χ2n) is 7.85. The van der Waals surface area contributed by atoms with Crippen LogP contribution in [0.1, 0.15) is 17.0 Å². The number of carbonyl (C=O) groups is 2. The summed E-state index contributed by atoms with van der Waals surface area (Å²) in [6.07, 6.45) is 1.48. The van der Waals surface area contributed by atoms with Gasteiger partial charge in [0.2, 0.25) is 0 Å². The number of hydrogen-bond donors (Lipinski definition) is 2. The van der Waals surface area contributed by atoms with Gasteiger partial charge in [-0.15, -0.1) is 0 Å². The summed E-state index contributed by atoms with van der Waals surface area (Å²) in [5.74, 6) is -0.443. The quantitative estimate of drug-likeness (QED) is 0.178. The van der Waals surface area contributed by atoms with Crippen molar-refractivity contribution in [1.82, 2.24) is 9.99 Å². The molecule has 0 spiro atoms. The molecule has 0 atom stereocenters. The van der Waals surface area contributed by atoms with Crippen molar-refractivity contribution in [3.05, 3.63) is 106 Å². The fourth-order valence-electron chi connectivity index (χ4n) is 3.58. The lowest BCUT2D eigenvalue weighted by atomic mass is 10.2. The minimum atomic E-state index is -0.898. The van der Waals surface area contributed by atoms with Gasteiger partial charge in [-0.3, -0.25) is 9.59 Å². The third-order valence-electron chi connectivity index (χ3n) is 5.29. The van der Waals surface area contributed by atoms with Gasteiger partial charge in [-0.2, -0.15) is 5.10 Å². The van der Waals surface area contributed by atoms with Gasteiger partial charge in [0.1, 0.15) is 11.5 Å². The lowest BCUT2D eigenvalue weighted by Crippen LogP contribution is -2.32. The number of aromatic nitrogens is 1. The molecule has 4 aromatic rings. The molecule has 2 amide bonds. The Labute approximate surface area is 218 Å². The first-order valence-corrected chi connectivity index (χ1v) is 11.7. The van der Waals surface area contributed by atoms with Gasteiger partial charge < -0.3 is 14.6 Å². The van der Waals surface area contributed by atoms with Crippen LogP contribution in [0.2, 0.25) is 10.0 Å². The summed E-state index contributed by atoms with van der Waals surface area (Å²) in [6.45, 7) is 3.83. The lowest BCUT2D eigenvalue weighted by Gasteiger charge is -2.11. The molecule has 0 unspecified atom stereocenters. The SMILES string of the molecule is Cc1cc(/C=N\NC(=O)C(=O)Nc2ccc(Oc3ccccc3)cc2)c(C)n1-c1ccc(Cl)cc1Cl. The maximum Gasteiger partial charge on any atom is 0.329 e. The van der Waals surface area contributed by atoms with Crippen molar-refractivity contribution in [3.8, 4) is 17.2 Å². The molecule has 4 rings (SSSR count). The van der Waals surface area contributed by atoms with Crippen LogP contribution in [0.25, 0.3) is 5.69 Å². The van der Waals surface area contributed by atoms with Gasteiger partial charge in [0.25, 0.3) is 0 Å². The summed E-state index contributed by atoms with van der Waals surface area (Å²) >= 11 is 12.4. The van der Waals surface area contributed by atoms with Crippen LogP contribution in [0.15, 0.2) is 84.0 Å². The highest BCUT2D eigenvalue weighted by Gasteiger charge is 2.15. The van der Waals surface area contributed by atoms with Crippen LogP contribution < -0.4 is 15.5 Å². The number of nitrogens with one attached hydrogen (secondary N) is 2. The molecule has 1 heterocycles. The molecular weight excluding hydrogens is 499 g/mol. The van der Waals surface area contributed by atoms with E-state index in [2.05, 4.69) is 15.8 Å². The summed E-state index contributed by atoms with van der Waals surface area (Å²) in [4.78, 5) is 24.5. The molecule has 0 fully saturated rings. The van der Waals surface area contributed by atoms with E-state index in [-0.39, 0.29) is 0 Å². The third kappa shape index (κ3) is 5.94. The van der Waals surface area contributed by atoms with E-state index in [1.165, 1.54) is 6.21 Å². The van der Waals surface area contributed by atoms with Gasteiger partial charge in [-0.05, 0) is 74.5 Å². The summed E-state index contributed by atoms with van der Waals surface area (Å²) in [7, 11) is 0. The fraction of sp³-hybridized carbons (Fsp3) is 0.0741. The number of aryl methyl sites for hydroxylation is 1. The molecule has 0 aliphatic rings. The molecule has 9 heteroatoms. The van der Waals surface area contributed by atoms with Crippen LogP contribution in [-0.2, 0) is 9.59 Å². The number of hydrazone groups is 1. The van der Waals surface area contributed by atoms with Gasteiger partial charge in [0.15, 0.2) is 0 Å². The van der Waals surface area contributed by atoms with Gasteiger partial charge in [0.05, 0.1) is 16.9 Å². The molecule has 7 nitrogen and oxygen atoms in total. The number of para-hydroxylation sites is 1. The summed E-state index contributed by atoms with van der Waals surface area (Å²) in [5.41, 5.74) is 6.01. The van der Waals surface area contributed by atoms with E-state index in [9.17, 15) is 9.59 Å². The topological polar surface area (TPSA) is 84.7 Å². The summed E-state index contributed by atoms with van der Waals surface area (Å²) in [6, 6.07) is 23.2. The molecule has 36 heavy (non-hydrogen) atoms. The number of anilines is 1. The van der Waals surface area contributed by atoms with Gasteiger partial charge in [0, 0.05) is 27.7 Å². The number of amides is 2. The van der Waals surface area contributed by atoms with E-state index >= 15 is 0 Å². The Balaban J connectivity index is 1.36. The van der Waals surface area contributed by atoms with Crippen LogP contribution in [-0.4, -0.2) is 22.6 Å². The van der Waals surface area contributed by atoms with Crippen molar-refractivity contribution in [3.63, 3.8) is 0 Å². The summed E-state index contributed by atoms with van der Waals surface area (Å²) in [5, 5.41) is 7.52. The van der Waals surface area contributed by atoms with Crippen molar-refractivity contribution in [2.24, 2.45) is 5.10 Å². The number of hydrogen-bond acceptors (Lipinski definition) is 4. The molecule has 1 aromatic heterocycles. The molecule has 0 aliphatic heterocycles. The molecule has 3 aromatic carbocycles. The van der Waals surface area contributed by atoms with E-state index in [4.69, 9.17) is 27.9 Å². The van der Waals surface area contributed by atoms with Crippen molar-refractivity contribution in [2.45, 2.75) is 13.8 Å². The number of benzene rings is 3. The predicted octanol–water partition coefficient (Wildman–Crippen LogP) is 6.28. The minimum Gasteiger partial charge on any atom is -0.457 e. The third-order valence-corrected chi connectivity index (χ3v) is 5.83. The Bertz CT molecular complexity index is 1430. The second kappa shape index (κ2) is 11.1. The smallest absolute Gasteiger partial charge is 0.329 e. The van der Waals surface area contributed by atoms with Crippen molar-refractivity contribution < 1.29 is 14.3 Å². The van der Waals surface area contributed by atoms with Crippen LogP contribution in [0.3, 0.4) is 0 Å². The monoisotopic (exact) mass is 520 g/mol. The molecule has 0 bridgehead atoms. The molecule has 2 N–H and O–H groups in total. The molecular formula is C27H22Cl2N4O3. The first-order valence-electron chi connectivity index (χ1n) is 10.9. The molecule has 0 saturated carbocycles. The molecule has 0 saturated heterocycles. The highest BCUT2D eigenvalue weighted by molar-refractivity contribution is 6.39. The Kier molecular flexibility index (Phi) is 7.73. The number of halogens is 2. The van der Waals surface area contributed by atoms with Crippen LogP contribution in [0, 0.1) is 13.8 Å². The normalized spacial score (nSPS) is 10.9. The zero-order chi connectivity index (χ0) is 25.7. The van der Waals surface area contributed by atoms with E-state index in [1.807, 2.05) is 60.9 Å². The summed E-state index contributed by atoms with van der Waals surface area (Å²) < 4.78 is 7.67. The Morgan fingerprint density at radius 2 is 1.58 bits per heavy atom. The first-order chi connectivity index (χ1) is 17.3. The fourth-order valence-corrected chi connectivity index (χ4v) is 4.07. The van der Waals surface area contributed by atoms with Gasteiger partial charge in [-0.1, -0.05) is 41.4 Å². The van der Waals surface area contributed by atoms with Crippen molar-refractivity contribution in [2.75, 3.05) is 5.32 Å². The average molecular weight is 521 g/mol. The lowest BCUT2D eigenvalue weighted by molar-refractivity contribution is -0.136. The number of ether oxygens (including phenoxy) is 1. The minimum absolute atomic E-state index is 0.447. The molecule has 182 valence electrons. The Hall–Kier alpha value is -4.07. The first kappa shape index (κ1) is 25.0. The Morgan fingerprint density at radius 3 is 2.28 bits per heavy atom. The Morgan fingerprint density at radius 1 is 0.889 bits per heavy atom. The van der Waals surface area contributed by atoms with E-state index in [1.54, 1.807) is 36.4 Å². The predicted molar refractivity (Wildman–Crippen MR) is 143 cm³/mol. The van der Waals surface area contributed by atoms with E-state index < -0.39 is 11.8 Å². The highest BCUT2D eigenvalue weighted by atomic mass is 35.5.